The Bertz CT molecular complexity index is 908. The van der Waals surface area contributed by atoms with Crippen LogP contribution in [0.15, 0.2) is 12.1 Å². The summed E-state index contributed by atoms with van der Waals surface area (Å²) in [6.45, 7) is 0.727. The van der Waals surface area contributed by atoms with Gasteiger partial charge in [-0.25, -0.2) is 9.78 Å². The molecular formula is C19H22N4O2S. The minimum Gasteiger partial charge on any atom is -0.493 e. The molecule has 0 radical (unpaired) electrons. The largest absolute Gasteiger partial charge is 0.493 e. The van der Waals surface area contributed by atoms with Crippen molar-refractivity contribution in [2.24, 2.45) is 0 Å². The van der Waals surface area contributed by atoms with Crippen molar-refractivity contribution < 1.29 is 9.53 Å². The number of amides is 2. The zero-order chi connectivity index (χ0) is 17.4. The van der Waals surface area contributed by atoms with Crippen molar-refractivity contribution in [3.8, 4) is 5.75 Å². The summed E-state index contributed by atoms with van der Waals surface area (Å²) in [7, 11) is 2.23. The lowest BCUT2D eigenvalue weighted by Gasteiger charge is -2.32. The van der Waals surface area contributed by atoms with Crippen LogP contribution in [-0.2, 0) is 6.42 Å². The number of likely N-dealkylation sites (N-methyl/N-ethyl adjacent to an activating group) is 1. The first-order chi connectivity index (χ1) is 12.7. The van der Waals surface area contributed by atoms with Crippen molar-refractivity contribution in [1.29, 1.82) is 0 Å². The molecule has 2 saturated carbocycles. The van der Waals surface area contributed by atoms with Crippen LogP contribution in [0.25, 0.3) is 10.2 Å². The number of nitrogens with one attached hydrogen (secondary N) is 1. The lowest BCUT2D eigenvalue weighted by atomic mass is 10.1. The van der Waals surface area contributed by atoms with Gasteiger partial charge in [0.25, 0.3) is 0 Å². The highest BCUT2D eigenvalue weighted by Crippen LogP contribution is 2.43. The third-order valence-corrected chi connectivity index (χ3v) is 7.50. The first-order valence-electron chi connectivity index (χ1n) is 9.57. The van der Waals surface area contributed by atoms with E-state index in [0.29, 0.717) is 12.1 Å². The number of thiazole rings is 1. The average Bonchev–Trinajstić information content (AvgIpc) is 2.98. The molecule has 2 aliphatic carbocycles. The van der Waals surface area contributed by atoms with Crippen LogP contribution in [0.3, 0.4) is 0 Å². The van der Waals surface area contributed by atoms with E-state index >= 15 is 0 Å². The number of anilines is 1. The Morgan fingerprint density at radius 2 is 2.19 bits per heavy atom. The number of aromatic nitrogens is 1. The summed E-state index contributed by atoms with van der Waals surface area (Å²) < 4.78 is 6.82. The molecule has 2 aromatic rings. The first-order valence-corrected chi connectivity index (χ1v) is 10.4. The normalized spacial score (nSPS) is 30.0. The van der Waals surface area contributed by atoms with Gasteiger partial charge >= 0.3 is 6.03 Å². The summed E-state index contributed by atoms with van der Waals surface area (Å²) in [5.74, 6) is 0.949. The number of carbonyl (C=O) groups excluding carboxylic acids is 1. The molecule has 6 rings (SSSR count). The number of ether oxygens (including phenoxy) is 1. The average molecular weight is 370 g/mol. The van der Waals surface area contributed by atoms with E-state index in [1.165, 1.54) is 18.4 Å². The molecule has 3 fully saturated rings. The van der Waals surface area contributed by atoms with Gasteiger partial charge in [-0.2, -0.15) is 0 Å². The third-order valence-electron chi connectivity index (χ3n) is 6.48. The molecule has 1 aromatic carbocycles. The van der Waals surface area contributed by atoms with Crippen molar-refractivity contribution in [3.63, 3.8) is 0 Å². The first kappa shape index (κ1) is 15.2. The summed E-state index contributed by atoms with van der Waals surface area (Å²) in [4.78, 5) is 22.2. The van der Waals surface area contributed by atoms with Gasteiger partial charge in [0.15, 0.2) is 5.13 Å². The van der Waals surface area contributed by atoms with Crippen LogP contribution in [0.5, 0.6) is 5.75 Å². The van der Waals surface area contributed by atoms with Gasteiger partial charge in [0.05, 0.1) is 28.9 Å². The van der Waals surface area contributed by atoms with Crippen LogP contribution in [0, 0.1) is 0 Å². The number of hydrogen-bond donors (Lipinski definition) is 1. The highest BCUT2D eigenvalue weighted by atomic mass is 32.1. The zero-order valence-electron chi connectivity index (χ0n) is 14.8. The van der Waals surface area contributed by atoms with Gasteiger partial charge in [-0.1, -0.05) is 11.3 Å². The van der Waals surface area contributed by atoms with Crippen molar-refractivity contribution in [3.05, 3.63) is 17.7 Å². The van der Waals surface area contributed by atoms with Gasteiger partial charge in [0, 0.05) is 24.1 Å². The Labute approximate surface area is 156 Å². The maximum absolute atomic E-state index is 12.8. The second-order valence-electron chi connectivity index (χ2n) is 7.94. The zero-order valence-corrected chi connectivity index (χ0v) is 15.6. The number of hydrogen-bond acceptors (Lipinski definition) is 5. The molecule has 7 heteroatoms. The Morgan fingerprint density at radius 3 is 3.04 bits per heavy atom. The molecule has 0 unspecified atom stereocenters. The molecule has 26 heavy (non-hydrogen) atoms. The molecule has 1 saturated heterocycles. The molecule has 0 bridgehead atoms. The molecule has 3 atom stereocenters. The van der Waals surface area contributed by atoms with Gasteiger partial charge in [-0.15, -0.1) is 0 Å². The van der Waals surface area contributed by atoms with Crippen LogP contribution in [0.2, 0.25) is 0 Å². The smallest absolute Gasteiger partial charge is 0.324 e. The van der Waals surface area contributed by atoms with Crippen molar-refractivity contribution in [1.82, 2.24) is 15.2 Å². The molecule has 4 aliphatic rings. The molecule has 0 spiro atoms. The Morgan fingerprint density at radius 1 is 1.31 bits per heavy atom. The van der Waals surface area contributed by atoms with Gasteiger partial charge in [-0.3, -0.25) is 9.80 Å². The van der Waals surface area contributed by atoms with Crippen LogP contribution in [-0.4, -0.2) is 53.7 Å². The molecule has 1 aromatic heterocycles. The van der Waals surface area contributed by atoms with E-state index in [1.54, 1.807) is 11.3 Å². The van der Waals surface area contributed by atoms with Crippen LogP contribution in [0.1, 0.15) is 31.2 Å². The molecule has 136 valence electrons. The molecule has 2 aliphatic heterocycles. The molecule has 3 heterocycles. The van der Waals surface area contributed by atoms with Crippen molar-refractivity contribution in [2.75, 3.05) is 18.6 Å². The number of nitrogens with zero attached hydrogens (tertiary/aromatic N) is 3. The minimum atomic E-state index is 0.0147. The Kier molecular flexibility index (Phi) is 3.12. The second kappa shape index (κ2) is 5.33. The van der Waals surface area contributed by atoms with Gasteiger partial charge in [0.1, 0.15) is 5.75 Å². The van der Waals surface area contributed by atoms with E-state index < -0.39 is 0 Å². The molecular weight excluding hydrogens is 348 g/mol. The predicted molar refractivity (Wildman–Crippen MR) is 101 cm³/mol. The lowest BCUT2D eigenvalue weighted by molar-refractivity contribution is 0.215. The summed E-state index contributed by atoms with van der Waals surface area (Å²) in [5.41, 5.74) is 2.21. The summed E-state index contributed by atoms with van der Waals surface area (Å²) in [6, 6.07) is 5.70. The highest BCUT2D eigenvalue weighted by Gasteiger charge is 2.52. The summed E-state index contributed by atoms with van der Waals surface area (Å²) in [6.07, 6.45) is 5.69. The Hall–Kier alpha value is -1.86. The quantitative estimate of drug-likeness (QED) is 0.903. The SMILES string of the molecule is CN(C1CC1)[C@H]1CC[C@@H]2NC(=O)N(c3nc4c5c(ccc4s3)OCC5)[C@@H]21. The molecule has 2 amide bonds. The van der Waals surface area contributed by atoms with Crippen molar-refractivity contribution >= 4 is 32.7 Å². The van der Waals surface area contributed by atoms with E-state index in [1.807, 2.05) is 11.0 Å². The standard InChI is InChI=1S/C19H22N4O2S/c1-22(10-2-3-10)13-5-4-12-17(13)23(18(24)20-12)19-21-16-11-8-9-25-14(11)6-7-15(16)26-19/h6-7,10,12-13,17H,2-5,8-9H2,1H3,(H,20,24)/t12-,13-,17-/m0/s1. The van der Waals surface area contributed by atoms with E-state index in [0.717, 1.165) is 47.0 Å². The number of urea groups is 1. The third kappa shape index (κ3) is 2.07. The summed E-state index contributed by atoms with van der Waals surface area (Å²) in [5, 5.41) is 4.04. The fraction of sp³-hybridized carbons (Fsp3) is 0.579. The van der Waals surface area contributed by atoms with Crippen molar-refractivity contribution in [2.45, 2.75) is 56.3 Å². The van der Waals surface area contributed by atoms with E-state index in [4.69, 9.17) is 9.72 Å². The number of carbonyl (C=O) groups is 1. The predicted octanol–water partition coefficient (Wildman–Crippen LogP) is 2.75. The fourth-order valence-electron chi connectivity index (χ4n) is 5.01. The number of fused-ring (bicyclic) bond motifs is 4. The summed E-state index contributed by atoms with van der Waals surface area (Å²) >= 11 is 1.63. The van der Waals surface area contributed by atoms with Gasteiger partial charge in [-0.05, 0) is 44.9 Å². The van der Waals surface area contributed by atoms with Crippen LogP contribution in [0.4, 0.5) is 9.93 Å². The topological polar surface area (TPSA) is 57.7 Å². The fourth-order valence-corrected chi connectivity index (χ4v) is 6.04. The second-order valence-corrected chi connectivity index (χ2v) is 8.95. The van der Waals surface area contributed by atoms with Crippen LogP contribution >= 0.6 is 11.3 Å². The van der Waals surface area contributed by atoms with E-state index in [-0.39, 0.29) is 18.1 Å². The van der Waals surface area contributed by atoms with E-state index in [2.05, 4.69) is 23.3 Å². The molecule has 1 N–H and O–H groups in total. The monoisotopic (exact) mass is 370 g/mol. The highest BCUT2D eigenvalue weighted by molar-refractivity contribution is 7.22. The maximum atomic E-state index is 12.8. The number of rotatable bonds is 3. The van der Waals surface area contributed by atoms with Gasteiger partial charge in [0.2, 0.25) is 0 Å². The van der Waals surface area contributed by atoms with E-state index in [9.17, 15) is 4.79 Å². The Balaban J connectivity index is 1.41. The van der Waals surface area contributed by atoms with Crippen LogP contribution < -0.4 is 15.0 Å². The molecule has 6 nitrogen and oxygen atoms in total. The lowest BCUT2D eigenvalue weighted by Crippen LogP contribution is -2.49. The minimum absolute atomic E-state index is 0.0147. The number of benzene rings is 1. The van der Waals surface area contributed by atoms with Gasteiger partial charge < -0.3 is 10.1 Å². The maximum Gasteiger partial charge on any atom is 0.324 e.